The van der Waals surface area contributed by atoms with Gasteiger partial charge < -0.3 is 5.73 Å². The van der Waals surface area contributed by atoms with Gasteiger partial charge in [-0.25, -0.2) is 14.4 Å². The fourth-order valence-electron chi connectivity index (χ4n) is 2.91. The van der Waals surface area contributed by atoms with Crippen LogP contribution >= 0.6 is 0 Å². The summed E-state index contributed by atoms with van der Waals surface area (Å²) in [4.78, 5) is 8.87. The van der Waals surface area contributed by atoms with Crippen LogP contribution in [0, 0.1) is 11.7 Å². The SMILES string of the molecule is CC(C)Cn1cc(Cc2cc(F)ccc2-c2ncc(CCN)cn2)cn1. The molecule has 2 heterocycles. The Kier molecular flexibility index (Phi) is 5.73. The Hall–Kier alpha value is -2.60. The van der Waals surface area contributed by atoms with E-state index in [2.05, 4.69) is 28.9 Å². The topological polar surface area (TPSA) is 69.6 Å². The molecule has 1 aromatic carbocycles. The zero-order valence-corrected chi connectivity index (χ0v) is 15.2. The molecule has 6 heteroatoms. The first-order valence-corrected chi connectivity index (χ1v) is 8.86. The molecule has 3 aromatic rings. The molecule has 0 amide bonds. The maximum Gasteiger partial charge on any atom is 0.159 e. The summed E-state index contributed by atoms with van der Waals surface area (Å²) in [5.74, 6) is 0.848. The average molecular weight is 353 g/mol. The first-order valence-electron chi connectivity index (χ1n) is 8.86. The van der Waals surface area contributed by atoms with Gasteiger partial charge >= 0.3 is 0 Å². The van der Waals surface area contributed by atoms with Crippen LogP contribution in [0.4, 0.5) is 4.39 Å². The number of aromatic nitrogens is 4. The summed E-state index contributed by atoms with van der Waals surface area (Å²) in [6.45, 7) is 5.72. The van der Waals surface area contributed by atoms with Crippen LogP contribution in [-0.2, 0) is 19.4 Å². The molecule has 0 saturated carbocycles. The number of hydrogen-bond donors (Lipinski definition) is 1. The Labute approximate surface area is 153 Å². The van der Waals surface area contributed by atoms with E-state index in [1.807, 2.05) is 17.1 Å². The van der Waals surface area contributed by atoms with Gasteiger partial charge in [-0.1, -0.05) is 13.8 Å². The Morgan fingerprint density at radius 3 is 2.58 bits per heavy atom. The molecule has 0 fully saturated rings. The molecule has 0 atom stereocenters. The number of nitrogens with two attached hydrogens (primary N) is 1. The Balaban J connectivity index is 1.87. The minimum atomic E-state index is -0.266. The second kappa shape index (κ2) is 8.19. The van der Waals surface area contributed by atoms with Crippen molar-refractivity contribution in [1.82, 2.24) is 19.7 Å². The van der Waals surface area contributed by atoms with Crippen molar-refractivity contribution in [3.05, 3.63) is 65.5 Å². The second-order valence-electron chi connectivity index (χ2n) is 6.90. The molecular weight excluding hydrogens is 329 g/mol. The summed E-state index contributed by atoms with van der Waals surface area (Å²) in [6.07, 6.45) is 8.73. The predicted molar refractivity (Wildman–Crippen MR) is 100 cm³/mol. The smallest absolute Gasteiger partial charge is 0.159 e. The molecule has 136 valence electrons. The monoisotopic (exact) mass is 353 g/mol. The molecule has 0 aliphatic heterocycles. The first-order chi connectivity index (χ1) is 12.5. The van der Waals surface area contributed by atoms with Crippen LogP contribution in [0.2, 0.25) is 0 Å². The number of halogens is 1. The van der Waals surface area contributed by atoms with E-state index in [0.717, 1.165) is 35.2 Å². The molecule has 5 nitrogen and oxygen atoms in total. The largest absolute Gasteiger partial charge is 0.330 e. The maximum atomic E-state index is 13.8. The van der Waals surface area contributed by atoms with Crippen molar-refractivity contribution in [3.63, 3.8) is 0 Å². The summed E-state index contributed by atoms with van der Waals surface area (Å²) >= 11 is 0. The van der Waals surface area contributed by atoms with Crippen molar-refractivity contribution in [2.75, 3.05) is 6.54 Å². The standard InChI is InChI=1S/C20H24FN5/c1-14(2)12-26-13-16(11-25-26)7-17-8-18(21)3-4-19(17)20-23-9-15(5-6-22)10-24-20/h3-4,8-11,13-14H,5-7,12,22H2,1-2H3. The third kappa shape index (κ3) is 4.52. The number of nitrogens with zero attached hydrogens (tertiary/aromatic N) is 4. The van der Waals surface area contributed by atoms with Gasteiger partial charge in [-0.2, -0.15) is 5.10 Å². The average Bonchev–Trinajstić information content (AvgIpc) is 3.02. The molecule has 0 radical (unpaired) electrons. The Bertz CT molecular complexity index is 855. The summed E-state index contributed by atoms with van der Waals surface area (Å²) in [6, 6.07) is 4.73. The molecule has 0 aliphatic carbocycles. The minimum absolute atomic E-state index is 0.266. The van der Waals surface area contributed by atoms with Gasteiger partial charge in [0.25, 0.3) is 0 Å². The van der Waals surface area contributed by atoms with Crippen LogP contribution in [0.25, 0.3) is 11.4 Å². The van der Waals surface area contributed by atoms with Gasteiger partial charge in [-0.05, 0) is 53.8 Å². The van der Waals surface area contributed by atoms with Crippen LogP contribution < -0.4 is 5.73 Å². The van der Waals surface area contributed by atoms with Gasteiger partial charge in [0.05, 0.1) is 6.20 Å². The van der Waals surface area contributed by atoms with Crippen molar-refractivity contribution in [2.45, 2.75) is 33.2 Å². The van der Waals surface area contributed by atoms with Crippen LogP contribution in [-0.4, -0.2) is 26.3 Å². The Morgan fingerprint density at radius 1 is 1.12 bits per heavy atom. The van der Waals surface area contributed by atoms with E-state index in [1.54, 1.807) is 24.5 Å². The molecule has 3 rings (SSSR count). The molecule has 0 saturated heterocycles. The summed E-state index contributed by atoms with van der Waals surface area (Å²) in [5.41, 5.74) is 9.28. The van der Waals surface area contributed by atoms with Crippen LogP contribution in [0.15, 0.2) is 43.0 Å². The van der Waals surface area contributed by atoms with Crippen LogP contribution in [0.5, 0.6) is 0 Å². The first kappa shape index (κ1) is 18.2. The van der Waals surface area contributed by atoms with Gasteiger partial charge in [0.15, 0.2) is 5.82 Å². The highest BCUT2D eigenvalue weighted by Crippen LogP contribution is 2.24. The van der Waals surface area contributed by atoms with Gasteiger partial charge in [-0.15, -0.1) is 0 Å². The molecular formula is C20H24FN5. The van der Waals surface area contributed by atoms with Gasteiger partial charge in [-0.3, -0.25) is 4.68 Å². The molecule has 0 aliphatic rings. The summed E-state index contributed by atoms with van der Waals surface area (Å²) in [7, 11) is 0. The van der Waals surface area contributed by atoms with Crippen molar-refractivity contribution in [1.29, 1.82) is 0 Å². The molecule has 2 aromatic heterocycles. The van der Waals surface area contributed by atoms with Crippen molar-refractivity contribution < 1.29 is 4.39 Å². The second-order valence-corrected chi connectivity index (χ2v) is 6.90. The van der Waals surface area contributed by atoms with E-state index in [0.29, 0.717) is 24.7 Å². The van der Waals surface area contributed by atoms with Crippen molar-refractivity contribution in [3.8, 4) is 11.4 Å². The fourth-order valence-corrected chi connectivity index (χ4v) is 2.91. The van der Waals surface area contributed by atoms with E-state index < -0.39 is 0 Å². The van der Waals surface area contributed by atoms with Crippen LogP contribution in [0.3, 0.4) is 0 Å². The number of benzene rings is 1. The van der Waals surface area contributed by atoms with Crippen molar-refractivity contribution >= 4 is 0 Å². The number of hydrogen-bond acceptors (Lipinski definition) is 4. The fraction of sp³-hybridized carbons (Fsp3) is 0.350. The van der Waals surface area contributed by atoms with Crippen LogP contribution in [0.1, 0.15) is 30.5 Å². The lowest BCUT2D eigenvalue weighted by Gasteiger charge is -2.09. The summed E-state index contributed by atoms with van der Waals surface area (Å²) in [5, 5.41) is 4.39. The van der Waals surface area contributed by atoms with E-state index >= 15 is 0 Å². The predicted octanol–water partition coefficient (Wildman–Crippen LogP) is 3.23. The normalized spacial score (nSPS) is 11.3. The van der Waals surface area contributed by atoms with E-state index in [1.165, 1.54) is 6.07 Å². The third-order valence-electron chi connectivity index (χ3n) is 4.08. The van der Waals surface area contributed by atoms with Gasteiger partial charge in [0, 0.05) is 37.1 Å². The van der Waals surface area contributed by atoms with Gasteiger partial charge in [0.2, 0.25) is 0 Å². The molecule has 0 bridgehead atoms. The van der Waals surface area contributed by atoms with E-state index in [-0.39, 0.29) is 5.82 Å². The Morgan fingerprint density at radius 2 is 1.88 bits per heavy atom. The minimum Gasteiger partial charge on any atom is -0.330 e. The highest BCUT2D eigenvalue weighted by atomic mass is 19.1. The quantitative estimate of drug-likeness (QED) is 0.708. The maximum absolute atomic E-state index is 13.8. The molecule has 2 N–H and O–H groups in total. The summed E-state index contributed by atoms with van der Waals surface area (Å²) < 4.78 is 15.8. The van der Waals surface area contributed by atoms with E-state index in [4.69, 9.17) is 5.73 Å². The third-order valence-corrected chi connectivity index (χ3v) is 4.08. The molecule has 0 unspecified atom stereocenters. The lowest BCUT2D eigenvalue weighted by molar-refractivity contribution is 0.483. The highest BCUT2D eigenvalue weighted by Gasteiger charge is 2.11. The zero-order chi connectivity index (χ0) is 18.5. The zero-order valence-electron chi connectivity index (χ0n) is 15.2. The molecule has 0 spiro atoms. The lowest BCUT2D eigenvalue weighted by Crippen LogP contribution is -2.04. The highest BCUT2D eigenvalue weighted by molar-refractivity contribution is 5.61. The van der Waals surface area contributed by atoms with Gasteiger partial charge in [0.1, 0.15) is 5.82 Å². The van der Waals surface area contributed by atoms with Crippen molar-refractivity contribution in [2.24, 2.45) is 11.7 Å². The van der Waals surface area contributed by atoms with E-state index in [9.17, 15) is 4.39 Å². The number of rotatable bonds is 7. The molecule has 26 heavy (non-hydrogen) atoms. The lowest BCUT2D eigenvalue weighted by atomic mass is 10.0.